The Kier molecular flexibility index (Phi) is 1.65. The number of nitrogens with one attached hydrogen (secondary N) is 1. The molecule has 0 aromatic rings. The number of aliphatic carboxylic acids is 1. The van der Waals surface area contributed by atoms with E-state index in [0.29, 0.717) is 0 Å². The van der Waals surface area contributed by atoms with Gasteiger partial charge in [0.2, 0.25) is 0 Å². The summed E-state index contributed by atoms with van der Waals surface area (Å²) in [7, 11) is 0. The van der Waals surface area contributed by atoms with E-state index >= 15 is 0 Å². The van der Waals surface area contributed by atoms with Crippen LogP contribution in [-0.2, 0) is 4.79 Å². The van der Waals surface area contributed by atoms with Crippen molar-refractivity contribution < 1.29 is 9.90 Å². The molecular formula is C9H15NO2. The van der Waals surface area contributed by atoms with E-state index in [0.717, 1.165) is 12.8 Å². The maximum Gasteiger partial charge on any atom is 0.308 e. The molecule has 0 saturated heterocycles. The van der Waals surface area contributed by atoms with Crippen LogP contribution in [0.4, 0.5) is 0 Å². The Balaban J connectivity index is 1.85. The second-order valence-corrected chi connectivity index (χ2v) is 4.33. The summed E-state index contributed by atoms with van der Waals surface area (Å²) in [6.45, 7) is 2.17. The van der Waals surface area contributed by atoms with Gasteiger partial charge in [0.1, 0.15) is 0 Å². The molecule has 2 rings (SSSR count). The van der Waals surface area contributed by atoms with Crippen molar-refractivity contribution in [3.05, 3.63) is 0 Å². The van der Waals surface area contributed by atoms with Crippen LogP contribution >= 0.6 is 0 Å². The Morgan fingerprint density at radius 2 is 2.17 bits per heavy atom. The highest BCUT2D eigenvalue weighted by atomic mass is 16.4. The zero-order valence-corrected chi connectivity index (χ0v) is 7.34. The van der Waals surface area contributed by atoms with Gasteiger partial charge in [-0.25, -0.2) is 0 Å². The summed E-state index contributed by atoms with van der Waals surface area (Å²) in [5, 5.41) is 12.2. The molecule has 3 nitrogen and oxygen atoms in total. The standard InChI is InChI=1S/C9H15NO2/c1-9(4-5-9)10-7-3-2-6(7)8(11)12/h6-7,10H,2-5H2,1H3,(H,11,12). The number of rotatable bonds is 3. The van der Waals surface area contributed by atoms with Crippen LogP contribution in [0.25, 0.3) is 0 Å². The normalized spacial score (nSPS) is 37.1. The van der Waals surface area contributed by atoms with E-state index in [1.165, 1.54) is 12.8 Å². The monoisotopic (exact) mass is 169 g/mol. The van der Waals surface area contributed by atoms with E-state index in [4.69, 9.17) is 5.11 Å². The second-order valence-electron chi connectivity index (χ2n) is 4.33. The van der Waals surface area contributed by atoms with Gasteiger partial charge in [-0.05, 0) is 32.6 Å². The van der Waals surface area contributed by atoms with Crippen LogP contribution in [0.5, 0.6) is 0 Å². The molecule has 0 spiro atoms. The lowest BCUT2D eigenvalue weighted by atomic mass is 9.79. The highest BCUT2D eigenvalue weighted by molar-refractivity contribution is 5.72. The van der Waals surface area contributed by atoms with Crippen molar-refractivity contribution >= 4 is 5.97 Å². The summed E-state index contributed by atoms with van der Waals surface area (Å²) in [6.07, 6.45) is 4.29. The zero-order chi connectivity index (χ0) is 8.77. The number of carboxylic acids is 1. The zero-order valence-electron chi connectivity index (χ0n) is 7.34. The molecule has 0 aliphatic heterocycles. The topological polar surface area (TPSA) is 49.3 Å². The van der Waals surface area contributed by atoms with Crippen LogP contribution in [0.3, 0.4) is 0 Å². The number of hydrogen-bond donors (Lipinski definition) is 2. The molecule has 2 saturated carbocycles. The summed E-state index contributed by atoms with van der Waals surface area (Å²) in [4.78, 5) is 10.7. The quantitative estimate of drug-likeness (QED) is 0.662. The molecule has 0 radical (unpaired) electrons. The molecule has 2 aliphatic rings. The average Bonchev–Trinajstić information content (AvgIpc) is 2.61. The summed E-state index contributed by atoms with van der Waals surface area (Å²) in [6, 6.07) is 0.245. The first kappa shape index (κ1) is 8.05. The maximum absolute atomic E-state index is 10.7. The van der Waals surface area contributed by atoms with E-state index in [1.54, 1.807) is 0 Å². The van der Waals surface area contributed by atoms with E-state index in [1.807, 2.05) is 0 Å². The third-order valence-corrected chi connectivity index (χ3v) is 3.13. The summed E-state index contributed by atoms with van der Waals surface area (Å²) >= 11 is 0. The molecule has 2 atom stereocenters. The minimum atomic E-state index is -0.636. The number of hydrogen-bond acceptors (Lipinski definition) is 2. The van der Waals surface area contributed by atoms with Crippen molar-refractivity contribution in [3.8, 4) is 0 Å². The van der Waals surface area contributed by atoms with E-state index < -0.39 is 5.97 Å². The lowest BCUT2D eigenvalue weighted by molar-refractivity contribution is -0.146. The Labute approximate surface area is 72.2 Å². The van der Waals surface area contributed by atoms with Crippen LogP contribution in [-0.4, -0.2) is 22.7 Å². The lowest BCUT2D eigenvalue weighted by Gasteiger charge is -2.36. The fraction of sp³-hybridized carbons (Fsp3) is 0.889. The molecule has 0 aromatic carbocycles. The van der Waals surface area contributed by atoms with Gasteiger partial charge in [0.05, 0.1) is 5.92 Å². The molecule has 0 bridgehead atoms. The largest absolute Gasteiger partial charge is 0.481 e. The predicted molar refractivity (Wildman–Crippen MR) is 44.9 cm³/mol. The van der Waals surface area contributed by atoms with Gasteiger partial charge >= 0.3 is 5.97 Å². The minimum absolute atomic E-state index is 0.123. The van der Waals surface area contributed by atoms with Crippen molar-refractivity contribution in [3.63, 3.8) is 0 Å². The van der Waals surface area contributed by atoms with Gasteiger partial charge in [-0.15, -0.1) is 0 Å². The molecule has 2 N–H and O–H groups in total. The highest BCUT2D eigenvalue weighted by Gasteiger charge is 2.45. The predicted octanol–water partition coefficient (Wildman–Crippen LogP) is 0.992. The molecule has 68 valence electrons. The van der Waals surface area contributed by atoms with Crippen molar-refractivity contribution in [2.24, 2.45) is 5.92 Å². The van der Waals surface area contributed by atoms with Crippen LogP contribution in [0.1, 0.15) is 32.6 Å². The molecule has 2 fully saturated rings. The van der Waals surface area contributed by atoms with E-state index in [2.05, 4.69) is 12.2 Å². The Hall–Kier alpha value is -0.570. The molecule has 2 unspecified atom stereocenters. The van der Waals surface area contributed by atoms with Crippen molar-refractivity contribution in [2.75, 3.05) is 0 Å². The number of carboxylic acid groups (broad SMARTS) is 1. The third kappa shape index (κ3) is 1.33. The molecule has 0 heterocycles. The Bertz CT molecular complexity index is 211. The van der Waals surface area contributed by atoms with Crippen molar-refractivity contribution in [2.45, 2.75) is 44.2 Å². The van der Waals surface area contributed by atoms with Gasteiger partial charge in [-0.3, -0.25) is 4.79 Å². The van der Waals surface area contributed by atoms with Gasteiger partial charge < -0.3 is 10.4 Å². The molecule has 12 heavy (non-hydrogen) atoms. The molecule has 2 aliphatic carbocycles. The molecule has 0 amide bonds. The molecular weight excluding hydrogens is 154 g/mol. The van der Waals surface area contributed by atoms with Crippen LogP contribution < -0.4 is 5.32 Å². The second kappa shape index (κ2) is 2.46. The smallest absolute Gasteiger partial charge is 0.308 e. The first-order valence-electron chi connectivity index (χ1n) is 4.61. The van der Waals surface area contributed by atoms with Gasteiger partial charge in [0, 0.05) is 11.6 Å². The lowest BCUT2D eigenvalue weighted by Crippen LogP contribution is -2.51. The average molecular weight is 169 g/mol. The SMILES string of the molecule is CC1(NC2CCC2C(=O)O)CC1. The van der Waals surface area contributed by atoms with Gasteiger partial charge in [0.15, 0.2) is 0 Å². The minimum Gasteiger partial charge on any atom is -0.481 e. The summed E-state index contributed by atoms with van der Waals surface area (Å²) < 4.78 is 0. The van der Waals surface area contributed by atoms with Crippen LogP contribution in [0.15, 0.2) is 0 Å². The summed E-state index contributed by atoms with van der Waals surface area (Å²) in [5.41, 5.74) is 0.277. The third-order valence-electron chi connectivity index (χ3n) is 3.13. The molecule has 0 aromatic heterocycles. The van der Waals surface area contributed by atoms with E-state index in [9.17, 15) is 4.79 Å². The van der Waals surface area contributed by atoms with E-state index in [-0.39, 0.29) is 17.5 Å². The van der Waals surface area contributed by atoms with Crippen LogP contribution in [0, 0.1) is 5.92 Å². The Morgan fingerprint density at radius 3 is 2.50 bits per heavy atom. The highest BCUT2D eigenvalue weighted by Crippen LogP contribution is 2.39. The number of carbonyl (C=O) groups is 1. The fourth-order valence-corrected chi connectivity index (χ4v) is 1.75. The summed E-state index contributed by atoms with van der Waals surface area (Å²) in [5.74, 6) is -0.759. The van der Waals surface area contributed by atoms with Crippen LogP contribution in [0.2, 0.25) is 0 Å². The fourth-order valence-electron chi connectivity index (χ4n) is 1.75. The van der Waals surface area contributed by atoms with Gasteiger partial charge in [0.25, 0.3) is 0 Å². The first-order chi connectivity index (χ1) is 5.61. The van der Waals surface area contributed by atoms with Crippen molar-refractivity contribution in [1.29, 1.82) is 0 Å². The van der Waals surface area contributed by atoms with Gasteiger partial charge in [-0.2, -0.15) is 0 Å². The van der Waals surface area contributed by atoms with Crippen molar-refractivity contribution in [1.82, 2.24) is 5.32 Å². The Morgan fingerprint density at radius 1 is 1.50 bits per heavy atom. The maximum atomic E-state index is 10.7. The first-order valence-corrected chi connectivity index (χ1v) is 4.61. The molecule has 3 heteroatoms. The van der Waals surface area contributed by atoms with Gasteiger partial charge in [-0.1, -0.05) is 0 Å².